The smallest absolute Gasteiger partial charge is 0.219 e. The lowest BCUT2D eigenvalue weighted by Crippen LogP contribution is -2.50. The number of aromatic nitrogens is 2. The fraction of sp³-hybridized carbons (Fsp3) is 0.857. The van der Waals surface area contributed by atoms with E-state index < -0.39 is 14.8 Å². The minimum absolute atomic E-state index is 0.204. The van der Waals surface area contributed by atoms with Crippen LogP contribution in [0.15, 0.2) is 0 Å². The van der Waals surface area contributed by atoms with E-state index in [1.165, 1.54) is 11.5 Å². The first-order valence-corrected chi connectivity index (χ1v) is 9.89. The molecule has 0 radical (unpaired) electrons. The van der Waals surface area contributed by atoms with Crippen LogP contribution in [0.3, 0.4) is 0 Å². The predicted octanol–water partition coefficient (Wildman–Crippen LogP) is 2.09. The van der Waals surface area contributed by atoms with Crippen molar-refractivity contribution in [3.05, 3.63) is 10.6 Å². The van der Waals surface area contributed by atoms with Gasteiger partial charge in [0.25, 0.3) is 0 Å². The molecule has 0 bridgehead atoms. The third-order valence-corrected chi connectivity index (χ3v) is 7.73. The van der Waals surface area contributed by atoms with E-state index in [9.17, 15) is 8.42 Å². The molecule has 126 valence electrons. The third kappa shape index (κ3) is 3.67. The van der Waals surface area contributed by atoms with E-state index in [0.717, 1.165) is 23.4 Å². The number of aryl methyl sites for hydroxylation is 1. The minimum atomic E-state index is -3.21. The Kier molecular flexibility index (Phi) is 5.26. The average molecular weight is 347 g/mol. The van der Waals surface area contributed by atoms with Gasteiger partial charge in [-0.25, -0.2) is 12.7 Å². The molecule has 2 rings (SSSR count). The summed E-state index contributed by atoms with van der Waals surface area (Å²) >= 11 is 1.42. The molecule has 1 unspecified atom stereocenters. The Morgan fingerprint density at radius 2 is 1.91 bits per heavy atom. The molecule has 0 aromatic carbocycles. The van der Waals surface area contributed by atoms with Crippen LogP contribution in [0, 0.1) is 6.92 Å². The second kappa shape index (κ2) is 6.51. The standard InChI is InChI=1S/C14H26N4O2S2/c1-10(13-11(2)16-17-21-13)15-12-6-8-18(9-7-12)22(19,20)14(3,4)5/h10,12,15H,6-9H2,1-5H3. The van der Waals surface area contributed by atoms with Gasteiger partial charge in [-0.05, 0) is 59.0 Å². The Morgan fingerprint density at radius 3 is 2.36 bits per heavy atom. The van der Waals surface area contributed by atoms with Crippen LogP contribution >= 0.6 is 11.5 Å². The first-order chi connectivity index (χ1) is 10.1. The Bertz CT molecular complexity index is 599. The number of nitrogens with one attached hydrogen (secondary N) is 1. The molecule has 0 aliphatic carbocycles. The van der Waals surface area contributed by atoms with Crippen molar-refractivity contribution in [2.24, 2.45) is 0 Å². The summed E-state index contributed by atoms with van der Waals surface area (Å²) in [6.07, 6.45) is 1.68. The summed E-state index contributed by atoms with van der Waals surface area (Å²) in [6.45, 7) is 10.5. The summed E-state index contributed by atoms with van der Waals surface area (Å²) in [7, 11) is -3.21. The largest absolute Gasteiger partial charge is 0.306 e. The lowest BCUT2D eigenvalue weighted by Gasteiger charge is -2.36. The van der Waals surface area contributed by atoms with Crippen LogP contribution in [0.2, 0.25) is 0 Å². The highest BCUT2D eigenvalue weighted by atomic mass is 32.2. The Hall–Kier alpha value is -0.570. The van der Waals surface area contributed by atoms with E-state index in [1.807, 2.05) is 6.92 Å². The molecule has 8 heteroatoms. The summed E-state index contributed by atoms with van der Waals surface area (Å²) < 4.78 is 29.8. The van der Waals surface area contributed by atoms with Crippen molar-refractivity contribution in [3.8, 4) is 0 Å². The fourth-order valence-corrected chi connectivity index (χ4v) is 4.83. The molecule has 1 aliphatic heterocycles. The molecule has 0 spiro atoms. The number of nitrogens with zero attached hydrogens (tertiary/aromatic N) is 3. The van der Waals surface area contributed by atoms with Gasteiger partial charge in [0.05, 0.1) is 15.3 Å². The van der Waals surface area contributed by atoms with E-state index in [2.05, 4.69) is 21.8 Å². The summed E-state index contributed by atoms with van der Waals surface area (Å²) in [6, 6.07) is 0.540. The van der Waals surface area contributed by atoms with Gasteiger partial charge in [-0.2, -0.15) is 0 Å². The highest BCUT2D eigenvalue weighted by Crippen LogP contribution is 2.26. The molecule has 6 nitrogen and oxygen atoms in total. The van der Waals surface area contributed by atoms with E-state index in [1.54, 1.807) is 25.1 Å². The molecular formula is C14H26N4O2S2. The van der Waals surface area contributed by atoms with Crippen LogP contribution in [0.25, 0.3) is 0 Å². The zero-order valence-electron chi connectivity index (χ0n) is 14.0. The summed E-state index contributed by atoms with van der Waals surface area (Å²) in [5, 5.41) is 7.62. The maximum Gasteiger partial charge on any atom is 0.219 e. The Morgan fingerprint density at radius 1 is 1.32 bits per heavy atom. The first-order valence-electron chi connectivity index (χ1n) is 7.67. The van der Waals surface area contributed by atoms with Crippen LogP contribution < -0.4 is 5.32 Å². The van der Waals surface area contributed by atoms with Crippen molar-refractivity contribution in [2.75, 3.05) is 13.1 Å². The van der Waals surface area contributed by atoms with Crippen LogP contribution in [-0.2, 0) is 10.0 Å². The lowest BCUT2D eigenvalue weighted by atomic mass is 10.1. The average Bonchev–Trinajstić information content (AvgIpc) is 2.84. The highest BCUT2D eigenvalue weighted by molar-refractivity contribution is 7.90. The summed E-state index contributed by atoms with van der Waals surface area (Å²) in [5.41, 5.74) is 0.970. The summed E-state index contributed by atoms with van der Waals surface area (Å²) in [5.74, 6) is 0. The van der Waals surface area contributed by atoms with Crippen molar-refractivity contribution >= 4 is 21.6 Å². The van der Waals surface area contributed by atoms with Crippen molar-refractivity contribution in [1.82, 2.24) is 19.2 Å². The minimum Gasteiger partial charge on any atom is -0.306 e. The van der Waals surface area contributed by atoms with Gasteiger partial charge >= 0.3 is 0 Å². The molecule has 1 aliphatic rings. The predicted molar refractivity (Wildman–Crippen MR) is 89.5 cm³/mol. The quantitative estimate of drug-likeness (QED) is 0.903. The molecule has 1 N–H and O–H groups in total. The van der Waals surface area contributed by atoms with E-state index in [4.69, 9.17) is 0 Å². The maximum atomic E-state index is 12.5. The molecule has 22 heavy (non-hydrogen) atoms. The normalized spacial score (nSPS) is 20.2. The lowest BCUT2D eigenvalue weighted by molar-refractivity contribution is 0.273. The van der Waals surface area contributed by atoms with Gasteiger partial charge < -0.3 is 5.32 Å². The van der Waals surface area contributed by atoms with Gasteiger partial charge in [-0.1, -0.05) is 4.49 Å². The molecule has 1 atom stereocenters. The molecule has 1 aromatic rings. The van der Waals surface area contributed by atoms with Crippen LogP contribution in [0.1, 0.15) is 57.1 Å². The van der Waals surface area contributed by atoms with Crippen LogP contribution in [0.5, 0.6) is 0 Å². The van der Waals surface area contributed by atoms with E-state index >= 15 is 0 Å². The van der Waals surface area contributed by atoms with Gasteiger partial charge in [0.1, 0.15) is 0 Å². The summed E-state index contributed by atoms with van der Waals surface area (Å²) in [4.78, 5) is 1.16. The van der Waals surface area contributed by atoms with Gasteiger partial charge in [-0.15, -0.1) is 5.10 Å². The second-order valence-corrected chi connectivity index (χ2v) is 10.4. The van der Waals surface area contributed by atoms with Crippen molar-refractivity contribution in [3.63, 3.8) is 0 Å². The van der Waals surface area contributed by atoms with E-state index in [0.29, 0.717) is 19.1 Å². The van der Waals surface area contributed by atoms with Crippen molar-refractivity contribution in [2.45, 2.75) is 64.3 Å². The molecule has 1 aromatic heterocycles. The zero-order chi connectivity index (χ0) is 16.5. The molecule has 0 amide bonds. The van der Waals surface area contributed by atoms with E-state index in [-0.39, 0.29) is 6.04 Å². The molecule has 0 saturated carbocycles. The maximum absolute atomic E-state index is 12.5. The molecule has 1 fully saturated rings. The fourth-order valence-electron chi connectivity index (χ4n) is 2.71. The number of sulfonamides is 1. The SMILES string of the molecule is Cc1nnsc1C(C)NC1CCN(S(=O)(=O)C(C)(C)C)CC1. The zero-order valence-corrected chi connectivity index (χ0v) is 15.6. The van der Waals surface area contributed by atoms with Gasteiger partial charge in [0, 0.05) is 25.2 Å². The van der Waals surface area contributed by atoms with Gasteiger partial charge in [-0.3, -0.25) is 0 Å². The van der Waals surface area contributed by atoms with Gasteiger partial charge in [0.15, 0.2) is 0 Å². The van der Waals surface area contributed by atoms with Crippen LogP contribution in [0.4, 0.5) is 0 Å². The van der Waals surface area contributed by atoms with Crippen LogP contribution in [-0.4, -0.2) is 46.2 Å². The highest BCUT2D eigenvalue weighted by Gasteiger charge is 2.37. The topological polar surface area (TPSA) is 75.2 Å². The number of hydrogen-bond acceptors (Lipinski definition) is 6. The van der Waals surface area contributed by atoms with Gasteiger partial charge in [0.2, 0.25) is 10.0 Å². The number of piperidine rings is 1. The number of hydrogen-bond donors (Lipinski definition) is 1. The monoisotopic (exact) mass is 346 g/mol. The second-order valence-electron chi connectivity index (χ2n) is 6.90. The number of rotatable bonds is 4. The van der Waals surface area contributed by atoms with Crippen molar-refractivity contribution in [1.29, 1.82) is 0 Å². The molecular weight excluding hydrogens is 320 g/mol. The first kappa shape index (κ1) is 17.8. The molecule has 2 heterocycles. The Labute approximate surface area is 137 Å². The van der Waals surface area contributed by atoms with Crippen molar-refractivity contribution < 1.29 is 8.42 Å². The molecule has 1 saturated heterocycles. The third-order valence-electron chi connectivity index (χ3n) is 4.13. The Balaban J connectivity index is 1.92.